The molecule has 0 aliphatic carbocycles. The molecule has 1 aliphatic rings. The van der Waals surface area contributed by atoms with E-state index in [2.05, 4.69) is 21.2 Å². The molecule has 0 aromatic heterocycles. The number of phenolic OH excluding ortho intramolecular Hbond substituents is 1. The van der Waals surface area contributed by atoms with Crippen molar-refractivity contribution < 1.29 is 14.9 Å². The second-order valence-corrected chi connectivity index (χ2v) is 4.25. The number of methoxy groups -OCH3 is 1. The van der Waals surface area contributed by atoms with E-state index in [1.807, 2.05) is 0 Å². The van der Waals surface area contributed by atoms with Crippen LogP contribution in [0.5, 0.6) is 11.5 Å². The third-order valence-corrected chi connectivity index (χ3v) is 3.34. The summed E-state index contributed by atoms with van der Waals surface area (Å²) < 4.78 is 5.56. The molecule has 0 spiro atoms. The fourth-order valence-electron chi connectivity index (χ4n) is 1.79. The highest BCUT2D eigenvalue weighted by Gasteiger charge is 2.24. The van der Waals surface area contributed by atoms with Gasteiger partial charge in [0.15, 0.2) is 11.5 Å². The van der Waals surface area contributed by atoms with Crippen molar-refractivity contribution in [1.82, 2.24) is 5.32 Å². The minimum Gasteiger partial charge on any atom is -0.503 e. The van der Waals surface area contributed by atoms with Crippen molar-refractivity contribution in [2.75, 3.05) is 13.7 Å². The van der Waals surface area contributed by atoms with Crippen LogP contribution in [0.4, 0.5) is 0 Å². The van der Waals surface area contributed by atoms with Gasteiger partial charge in [-0.25, -0.2) is 0 Å². The van der Waals surface area contributed by atoms with Crippen molar-refractivity contribution in [2.24, 2.45) is 0 Å². The van der Waals surface area contributed by atoms with E-state index in [-0.39, 0.29) is 5.75 Å². The number of aliphatic hydroxyl groups excluding tert-OH is 1. The Kier molecular flexibility index (Phi) is 2.86. The Morgan fingerprint density at radius 3 is 3.00 bits per heavy atom. The standard InChI is InChI=1S/C10H12BrNO3/c1-15-7-2-5-3-12-4-6(13)8(5)9(11)10(7)14/h2,6,12-14H,3-4H2,1H3/t6-/m1/s1. The van der Waals surface area contributed by atoms with E-state index >= 15 is 0 Å². The van der Waals surface area contributed by atoms with Gasteiger partial charge >= 0.3 is 0 Å². The Morgan fingerprint density at radius 1 is 1.60 bits per heavy atom. The van der Waals surface area contributed by atoms with Gasteiger partial charge < -0.3 is 20.3 Å². The van der Waals surface area contributed by atoms with E-state index in [1.54, 1.807) is 6.07 Å². The Morgan fingerprint density at radius 2 is 2.33 bits per heavy atom. The predicted molar refractivity (Wildman–Crippen MR) is 59.0 cm³/mol. The fraction of sp³-hybridized carbons (Fsp3) is 0.400. The second-order valence-electron chi connectivity index (χ2n) is 3.46. The molecule has 2 rings (SSSR count). The molecule has 1 aliphatic heterocycles. The van der Waals surface area contributed by atoms with Crippen LogP contribution in [0.25, 0.3) is 0 Å². The van der Waals surface area contributed by atoms with Crippen molar-refractivity contribution in [3.63, 3.8) is 0 Å². The van der Waals surface area contributed by atoms with Crippen molar-refractivity contribution in [1.29, 1.82) is 0 Å². The van der Waals surface area contributed by atoms with Gasteiger partial charge in [0.2, 0.25) is 0 Å². The van der Waals surface area contributed by atoms with Crippen LogP contribution in [0.15, 0.2) is 10.5 Å². The van der Waals surface area contributed by atoms with Crippen LogP contribution in [0.2, 0.25) is 0 Å². The maximum atomic E-state index is 9.79. The van der Waals surface area contributed by atoms with Crippen LogP contribution in [-0.4, -0.2) is 23.9 Å². The first-order valence-electron chi connectivity index (χ1n) is 4.62. The first-order valence-corrected chi connectivity index (χ1v) is 5.41. The molecule has 5 heteroatoms. The smallest absolute Gasteiger partial charge is 0.172 e. The molecule has 1 aromatic rings. The highest BCUT2D eigenvalue weighted by molar-refractivity contribution is 9.10. The van der Waals surface area contributed by atoms with Crippen molar-refractivity contribution in [3.05, 3.63) is 21.7 Å². The zero-order valence-corrected chi connectivity index (χ0v) is 9.84. The second kappa shape index (κ2) is 4.00. The lowest BCUT2D eigenvalue weighted by atomic mass is 9.98. The summed E-state index contributed by atoms with van der Waals surface area (Å²) in [5.74, 6) is 0.453. The lowest BCUT2D eigenvalue weighted by Gasteiger charge is -2.25. The largest absolute Gasteiger partial charge is 0.503 e. The summed E-state index contributed by atoms with van der Waals surface area (Å²) in [6.45, 7) is 1.17. The van der Waals surface area contributed by atoms with Crippen LogP contribution in [0.3, 0.4) is 0 Å². The molecule has 0 radical (unpaired) electrons. The Labute approximate surface area is 96.0 Å². The summed E-state index contributed by atoms with van der Waals surface area (Å²) >= 11 is 3.28. The molecule has 4 nitrogen and oxygen atoms in total. The summed E-state index contributed by atoms with van der Waals surface area (Å²) in [5.41, 5.74) is 1.68. The maximum absolute atomic E-state index is 9.79. The van der Waals surface area contributed by atoms with Crippen LogP contribution >= 0.6 is 15.9 Å². The maximum Gasteiger partial charge on any atom is 0.172 e. The zero-order valence-electron chi connectivity index (χ0n) is 8.25. The molecule has 1 atom stereocenters. The lowest BCUT2D eigenvalue weighted by molar-refractivity contribution is 0.163. The Balaban J connectivity index is 2.61. The highest BCUT2D eigenvalue weighted by Crippen LogP contribution is 2.42. The molecule has 0 amide bonds. The Bertz CT molecular complexity index is 395. The van der Waals surface area contributed by atoms with E-state index in [1.165, 1.54) is 7.11 Å². The van der Waals surface area contributed by atoms with Gasteiger partial charge in [-0.15, -0.1) is 0 Å². The number of aliphatic hydroxyl groups is 1. The van der Waals surface area contributed by atoms with Crippen LogP contribution < -0.4 is 10.1 Å². The fourth-order valence-corrected chi connectivity index (χ4v) is 2.50. The number of β-amino-alcohol motifs (C(OH)–C–C–N with tert-alkyl or cyclic N) is 1. The lowest BCUT2D eigenvalue weighted by Crippen LogP contribution is -2.28. The van der Waals surface area contributed by atoms with E-state index in [9.17, 15) is 10.2 Å². The van der Waals surface area contributed by atoms with Crippen molar-refractivity contribution in [2.45, 2.75) is 12.6 Å². The van der Waals surface area contributed by atoms with Crippen molar-refractivity contribution >= 4 is 15.9 Å². The average molecular weight is 274 g/mol. The van der Waals surface area contributed by atoms with Gasteiger partial charge in [0, 0.05) is 18.7 Å². The zero-order chi connectivity index (χ0) is 11.0. The van der Waals surface area contributed by atoms with Gasteiger partial charge in [0.1, 0.15) is 0 Å². The van der Waals surface area contributed by atoms with Gasteiger partial charge in [-0.2, -0.15) is 0 Å². The molecular formula is C10H12BrNO3. The van der Waals surface area contributed by atoms with E-state index in [4.69, 9.17) is 4.74 Å². The van der Waals surface area contributed by atoms with Gasteiger partial charge in [0.25, 0.3) is 0 Å². The Hall–Kier alpha value is -0.780. The summed E-state index contributed by atoms with van der Waals surface area (Å²) in [4.78, 5) is 0. The number of hydrogen-bond donors (Lipinski definition) is 3. The topological polar surface area (TPSA) is 61.7 Å². The molecule has 0 fully saturated rings. The number of nitrogens with one attached hydrogen (secondary N) is 1. The first kappa shape index (κ1) is 10.7. The molecule has 0 saturated carbocycles. The molecule has 15 heavy (non-hydrogen) atoms. The minimum absolute atomic E-state index is 0.0391. The number of phenols is 1. The average Bonchev–Trinajstić information content (AvgIpc) is 2.23. The van der Waals surface area contributed by atoms with Gasteiger partial charge in [-0.3, -0.25) is 0 Å². The number of benzene rings is 1. The molecule has 3 N–H and O–H groups in total. The van der Waals surface area contributed by atoms with Crippen LogP contribution in [0, 0.1) is 0 Å². The molecule has 0 bridgehead atoms. The molecule has 0 saturated heterocycles. The van der Waals surface area contributed by atoms with E-state index < -0.39 is 6.10 Å². The molecular weight excluding hydrogens is 262 g/mol. The number of rotatable bonds is 1. The summed E-state index contributed by atoms with van der Waals surface area (Å²) in [6, 6.07) is 1.74. The normalized spacial score (nSPS) is 19.8. The third kappa shape index (κ3) is 1.71. The van der Waals surface area contributed by atoms with E-state index in [0.29, 0.717) is 23.3 Å². The number of halogens is 1. The molecule has 1 aromatic carbocycles. The van der Waals surface area contributed by atoms with Crippen LogP contribution in [-0.2, 0) is 6.54 Å². The summed E-state index contributed by atoms with van der Waals surface area (Å²) in [7, 11) is 1.50. The number of fused-ring (bicyclic) bond motifs is 1. The highest BCUT2D eigenvalue weighted by atomic mass is 79.9. The monoisotopic (exact) mass is 273 g/mol. The molecule has 0 unspecified atom stereocenters. The number of hydrogen-bond acceptors (Lipinski definition) is 4. The van der Waals surface area contributed by atoms with Crippen molar-refractivity contribution in [3.8, 4) is 11.5 Å². The first-order chi connectivity index (χ1) is 7.15. The third-order valence-electron chi connectivity index (χ3n) is 2.54. The van der Waals surface area contributed by atoms with Gasteiger partial charge in [-0.05, 0) is 27.6 Å². The number of ether oxygens (including phenoxy) is 1. The van der Waals surface area contributed by atoms with Gasteiger partial charge in [0.05, 0.1) is 17.7 Å². The summed E-state index contributed by atoms with van der Waals surface area (Å²) in [5, 5.41) is 22.6. The minimum atomic E-state index is -0.597. The molecule has 1 heterocycles. The van der Waals surface area contributed by atoms with E-state index in [0.717, 1.165) is 11.1 Å². The van der Waals surface area contributed by atoms with Gasteiger partial charge in [-0.1, -0.05) is 0 Å². The summed E-state index contributed by atoms with van der Waals surface area (Å²) in [6.07, 6.45) is -0.597. The predicted octanol–water partition coefficient (Wildman–Crippen LogP) is 1.30. The SMILES string of the molecule is COc1cc2c(c(Br)c1O)[C@H](O)CNC2. The molecule has 82 valence electrons. The van der Waals surface area contributed by atoms with Crippen LogP contribution in [0.1, 0.15) is 17.2 Å². The quantitative estimate of drug-likeness (QED) is 0.722. The number of aromatic hydroxyl groups is 1.